The molecule has 0 unspecified atom stereocenters. The molecule has 0 aliphatic carbocycles. The lowest BCUT2D eigenvalue weighted by Crippen LogP contribution is -1.95. The van der Waals surface area contributed by atoms with Crippen LogP contribution in [-0.2, 0) is 0 Å². The van der Waals surface area contributed by atoms with Gasteiger partial charge in [-0.2, -0.15) is 0 Å². The number of hydrogen-bond donors (Lipinski definition) is 0. The normalized spacial score (nSPS) is 14.1. The van der Waals surface area contributed by atoms with Crippen LogP contribution in [0.25, 0.3) is 88.4 Å². The fourth-order valence-electron chi connectivity index (χ4n) is 7.29. The molecule has 0 aliphatic rings. The quantitative estimate of drug-likeness (QED) is 0.176. The van der Waals surface area contributed by atoms with Gasteiger partial charge in [0.15, 0.2) is 0 Å². The Morgan fingerprint density at radius 1 is 0.340 bits per heavy atom. The zero-order chi connectivity index (χ0) is 40.9. The van der Waals surface area contributed by atoms with Crippen molar-refractivity contribution in [3.8, 4) is 44.8 Å². The summed E-state index contributed by atoms with van der Waals surface area (Å²) in [5.41, 5.74) is 8.06. The molecular weight excluding hydrogens is 605 g/mol. The fourth-order valence-corrected chi connectivity index (χ4v) is 7.29. The maximum atomic E-state index is 9.54. The van der Waals surface area contributed by atoms with Crippen molar-refractivity contribution in [2.45, 2.75) is 0 Å². The summed E-state index contributed by atoms with van der Waals surface area (Å²) in [6.45, 7) is 0. The lowest BCUT2D eigenvalue weighted by atomic mass is 9.99. The molecular formula is C48H32N2. The number of para-hydroxylation sites is 2. The largest absolute Gasteiger partial charge is 0.309 e. The zero-order valence-corrected chi connectivity index (χ0v) is 26.7. The summed E-state index contributed by atoms with van der Waals surface area (Å²) >= 11 is 0. The van der Waals surface area contributed by atoms with Crippen LogP contribution in [0.5, 0.6) is 0 Å². The minimum atomic E-state index is -0.606. The van der Waals surface area contributed by atoms with E-state index in [9.17, 15) is 2.74 Å². The summed E-state index contributed by atoms with van der Waals surface area (Å²) in [4.78, 5) is 0. The van der Waals surface area contributed by atoms with Crippen molar-refractivity contribution in [1.29, 1.82) is 0 Å². The first kappa shape index (κ1) is 20.7. The van der Waals surface area contributed by atoms with Crippen LogP contribution in [-0.4, -0.2) is 9.13 Å². The molecule has 0 radical (unpaired) electrons. The number of fused-ring (bicyclic) bond motifs is 7. The van der Waals surface area contributed by atoms with Gasteiger partial charge in [0, 0.05) is 32.9 Å². The van der Waals surface area contributed by atoms with Crippen molar-refractivity contribution < 1.29 is 12.3 Å². The number of nitrogens with zero attached hydrogens (tertiary/aromatic N) is 2. The third-order valence-electron chi connectivity index (χ3n) is 9.49. The number of benzene rings is 8. The Kier molecular flexibility index (Phi) is 4.76. The molecule has 2 heteroatoms. The Morgan fingerprint density at radius 3 is 1.54 bits per heavy atom. The van der Waals surface area contributed by atoms with Crippen molar-refractivity contribution in [2.24, 2.45) is 0 Å². The molecule has 8 aromatic carbocycles. The summed E-state index contributed by atoms with van der Waals surface area (Å²) in [5, 5.41) is 3.66. The van der Waals surface area contributed by atoms with Gasteiger partial charge in [-0.05, 0) is 87.9 Å². The molecule has 0 fully saturated rings. The Balaban J connectivity index is 1.21. The highest BCUT2D eigenvalue weighted by atomic mass is 15.0. The lowest BCUT2D eigenvalue weighted by molar-refractivity contribution is 1.17. The van der Waals surface area contributed by atoms with E-state index in [1.54, 1.807) is 4.57 Å². The molecule has 0 saturated carbocycles. The van der Waals surface area contributed by atoms with E-state index in [1.165, 1.54) is 0 Å². The summed E-state index contributed by atoms with van der Waals surface area (Å²) in [7, 11) is 0. The van der Waals surface area contributed by atoms with Crippen molar-refractivity contribution in [3.63, 3.8) is 0 Å². The molecule has 2 aromatic heterocycles. The van der Waals surface area contributed by atoms with Gasteiger partial charge in [0.1, 0.15) is 0 Å². The van der Waals surface area contributed by atoms with E-state index in [2.05, 4.69) is 77.4 Å². The Morgan fingerprint density at radius 2 is 0.880 bits per heavy atom. The van der Waals surface area contributed by atoms with E-state index in [-0.39, 0.29) is 28.9 Å². The molecule has 0 amide bonds. The second-order valence-electron chi connectivity index (χ2n) is 12.3. The predicted octanol–water partition coefficient (Wildman–Crippen LogP) is 12.9. The van der Waals surface area contributed by atoms with Crippen LogP contribution in [0.3, 0.4) is 0 Å². The third kappa shape index (κ3) is 4.50. The van der Waals surface area contributed by atoms with E-state index in [0.717, 1.165) is 60.5 Å². The van der Waals surface area contributed by atoms with E-state index in [1.807, 2.05) is 66.7 Å². The molecule has 2 heterocycles. The van der Waals surface area contributed by atoms with Crippen molar-refractivity contribution in [3.05, 3.63) is 194 Å². The van der Waals surface area contributed by atoms with Crippen LogP contribution >= 0.6 is 0 Å². The van der Waals surface area contributed by atoms with Crippen LogP contribution in [0, 0.1) is 0 Å². The third-order valence-corrected chi connectivity index (χ3v) is 9.49. The molecule has 0 aliphatic heterocycles. The van der Waals surface area contributed by atoms with Crippen LogP contribution < -0.4 is 0 Å². The van der Waals surface area contributed by atoms with Gasteiger partial charge in [-0.25, -0.2) is 0 Å². The van der Waals surface area contributed by atoms with Crippen molar-refractivity contribution in [2.75, 3.05) is 0 Å². The summed E-state index contributed by atoms with van der Waals surface area (Å²) in [6, 6.07) is 42.4. The molecule has 10 rings (SSSR count). The second kappa shape index (κ2) is 11.5. The van der Waals surface area contributed by atoms with E-state index in [4.69, 9.17) is 9.60 Å². The van der Waals surface area contributed by atoms with Crippen LogP contribution in [0.1, 0.15) is 12.3 Å². The molecule has 0 N–H and O–H groups in total. The van der Waals surface area contributed by atoms with Gasteiger partial charge < -0.3 is 9.13 Å². The summed E-state index contributed by atoms with van der Waals surface area (Å²) < 4.78 is 82.6. The molecule has 234 valence electrons. The predicted molar refractivity (Wildman–Crippen MR) is 211 cm³/mol. The number of rotatable bonds is 5. The minimum Gasteiger partial charge on any atom is -0.309 e. The highest BCUT2D eigenvalue weighted by molar-refractivity contribution is 6.28. The second-order valence-corrected chi connectivity index (χ2v) is 12.3. The Bertz CT molecular complexity index is 3340. The first-order valence-corrected chi connectivity index (χ1v) is 16.5. The summed E-state index contributed by atoms with van der Waals surface area (Å²) in [6.07, 6.45) is 0. The standard InChI is InChI=1S/C48H32N2/c1-3-13-33(14-4-1)36-17-11-18-37(31-36)35-25-27-39(28-26-35)49-43-23-9-7-21-41(43)47-45(49)29-30-46-48(47)42-22-8-10-24-44(42)50(46)40-20-12-19-38(32-40)34-15-5-2-6-16-34/h1-32H/i2D,5D,6D,12D,15D,16D,19D,20D,32D. The van der Waals surface area contributed by atoms with E-state index >= 15 is 0 Å². The maximum absolute atomic E-state index is 9.54. The monoisotopic (exact) mass is 645 g/mol. The topological polar surface area (TPSA) is 9.86 Å². The van der Waals surface area contributed by atoms with Gasteiger partial charge in [0.25, 0.3) is 0 Å². The van der Waals surface area contributed by atoms with Gasteiger partial charge in [0.2, 0.25) is 0 Å². The summed E-state index contributed by atoms with van der Waals surface area (Å²) in [5.74, 6) is 0. The number of hydrogen-bond acceptors (Lipinski definition) is 0. The van der Waals surface area contributed by atoms with Crippen LogP contribution in [0.2, 0.25) is 0 Å². The smallest absolute Gasteiger partial charge is 0.0651 e. The SMILES string of the molecule is [2H]c1c([2H])c([2H])c(-c2c([2H])c([2H])c([2H])c(-n3c4ccccc4c4c5c6ccccc6n(-c6ccc(-c7cccc(-c8ccccc8)c7)cc6)c5ccc43)c2[2H])c([2H])c1[2H]. The molecule has 2 nitrogen and oxygen atoms in total. The molecule has 0 atom stereocenters. The van der Waals surface area contributed by atoms with Gasteiger partial charge in [-0.15, -0.1) is 0 Å². The van der Waals surface area contributed by atoms with E-state index < -0.39 is 42.3 Å². The average Bonchev–Trinajstić information content (AvgIpc) is 3.79. The van der Waals surface area contributed by atoms with Gasteiger partial charge >= 0.3 is 0 Å². The van der Waals surface area contributed by atoms with Gasteiger partial charge in [-0.1, -0.05) is 139 Å². The highest BCUT2D eigenvalue weighted by Crippen LogP contribution is 2.42. The zero-order valence-electron chi connectivity index (χ0n) is 35.7. The molecule has 0 saturated heterocycles. The fraction of sp³-hybridized carbons (Fsp3) is 0. The Labute approximate surface area is 303 Å². The molecule has 0 spiro atoms. The Hall–Kier alpha value is -6.64. The minimum absolute atomic E-state index is 0.0194. The molecule has 0 bridgehead atoms. The van der Waals surface area contributed by atoms with Crippen molar-refractivity contribution in [1.82, 2.24) is 9.13 Å². The van der Waals surface area contributed by atoms with Gasteiger partial charge in [-0.3, -0.25) is 0 Å². The molecule has 10 aromatic rings. The van der Waals surface area contributed by atoms with Crippen LogP contribution in [0.15, 0.2) is 194 Å². The lowest BCUT2D eigenvalue weighted by Gasteiger charge is -2.11. The van der Waals surface area contributed by atoms with Crippen molar-refractivity contribution >= 4 is 43.6 Å². The van der Waals surface area contributed by atoms with Gasteiger partial charge in [0.05, 0.1) is 34.4 Å². The maximum Gasteiger partial charge on any atom is 0.0651 e. The first-order chi connectivity index (χ1) is 28.6. The van der Waals surface area contributed by atoms with E-state index in [0.29, 0.717) is 11.0 Å². The highest BCUT2D eigenvalue weighted by Gasteiger charge is 2.20. The van der Waals surface area contributed by atoms with Crippen LogP contribution in [0.4, 0.5) is 0 Å². The first-order valence-electron chi connectivity index (χ1n) is 21.0. The average molecular weight is 646 g/mol. The number of aromatic nitrogens is 2. The molecule has 50 heavy (non-hydrogen) atoms.